The zero-order valence-corrected chi connectivity index (χ0v) is 12.0. The SMILES string of the molecule is CCOC(=O)CN(C)S(=O)(=O)c1c(C)cccc1N. The van der Waals surface area contributed by atoms with Crippen LogP contribution in [0.25, 0.3) is 0 Å². The molecule has 1 aromatic carbocycles. The van der Waals surface area contributed by atoms with E-state index in [-0.39, 0.29) is 23.7 Å². The molecule has 2 N–H and O–H groups in total. The summed E-state index contributed by atoms with van der Waals surface area (Å²) >= 11 is 0. The maximum Gasteiger partial charge on any atom is 0.321 e. The van der Waals surface area contributed by atoms with Gasteiger partial charge in [-0.1, -0.05) is 12.1 Å². The highest BCUT2D eigenvalue weighted by Gasteiger charge is 2.27. The predicted octanol–water partition coefficient (Wildman–Crippen LogP) is 0.761. The molecular weight excluding hydrogens is 268 g/mol. The summed E-state index contributed by atoms with van der Waals surface area (Å²) in [5.41, 5.74) is 6.41. The number of likely N-dealkylation sites (N-methyl/N-ethyl adjacent to an activating group) is 1. The summed E-state index contributed by atoms with van der Waals surface area (Å²) in [5.74, 6) is -0.597. The first-order valence-corrected chi connectivity index (χ1v) is 7.21. The number of carbonyl (C=O) groups is 1. The van der Waals surface area contributed by atoms with Crippen LogP contribution in [0, 0.1) is 6.92 Å². The average Bonchev–Trinajstić information content (AvgIpc) is 2.28. The molecule has 0 aliphatic rings. The van der Waals surface area contributed by atoms with Crippen molar-refractivity contribution in [2.24, 2.45) is 0 Å². The first-order chi connectivity index (χ1) is 8.80. The molecule has 0 atom stereocenters. The number of carbonyl (C=O) groups excluding carboxylic acids is 1. The Morgan fingerprint density at radius 2 is 2.05 bits per heavy atom. The van der Waals surface area contributed by atoms with Crippen molar-refractivity contribution in [3.8, 4) is 0 Å². The molecule has 0 unspecified atom stereocenters. The molecule has 0 amide bonds. The van der Waals surface area contributed by atoms with Crippen molar-refractivity contribution in [3.05, 3.63) is 23.8 Å². The standard InChI is InChI=1S/C12H18N2O4S/c1-4-18-11(15)8-14(3)19(16,17)12-9(2)6-5-7-10(12)13/h5-7H,4,8,13H2,1-3H3. The fourth-order valence-electron chi connectivity index (χ4n) is 1.66. The highest BCUT2D eigenvalue weighted by molar-refractivity contribution is 7.89. The van der Waals surface area contributed by atoms with Crippen molar-refractivity contribution < 1.29 is 17.9 Å². The molecule has 0 fully saturated rings. The monoisotopic (exact) mass is 286 g/mol. The number of ether oxygens (including phenoxy) is 1. The number of nitrogens with two attached hydrogens (primary N) is 1. The van der Waals surface area contributed by atoms with E-state index in [0.717, 1.165) is 4.31 Å². The van der Waals surface area contributed by atoms with Gasteiger partial charge in [0.25, 0.3) is 0 Å². The zero-order valence-electron chi connectivity index (χ0n) is 11.2. The molecule has 0 aromatic heterocycles. The minimum absolute atomic E-state index is 0.0294. The molecule has 7 heteroatoms. The van der Waals surface area contributed by atoms with E-state index in [1.807, 2.05) is 0 Å². The number of nitrogen functional groups attached to an aromatic ring is 1. The van der Waals surface area contributed by atoms with Gasteiger partial charge >= 0.3 is 5.97 Å². The van der Waals surface area contributed by atoms with Gasteiger partial charge in [-0.2, -0.15) is 4.31 Å². The number of benzene rings is 1. The van der Waals surface area contributed by atoms with Gasteiger partial charge in [0.1, 0.15) is 11.4 Å². The van der Waals surface area contributed by atoms with E-state index in [2.05, 4.69) is 0 Å². The second kappa shape index (κ2) is 6.03. The second-order valence-corrected chi connectivity index (χ2v) is 6.04. The Balaban J connectivity index is 3.07. The van der Waals surface area contributed by atoms with E-state index in [1.165, 1.54) is 13.1 Å². The van der Waals surface area contributed by atoms with E-state index in [1.54, 1.807) is 26.0 Å². The van der Waals surface area contributed by atoms with Crippen LogP contribution < -0.4 is 5.73 Å². The Kier molecular flexibility index (Phi) is 4.90. The topological polar surface area (TPSA) is 89.7 Å². The van der Waals surface area contributed by atoms with Gasteiger partial charge in [-0.25, -0.2) is 8.42 Å². The molecule has 0 radical (unpaired) electrons. The number of sulfonamides is 1. The lowest BCUT2D eigenvalue weighted by atomic mass is 10.2. The van der Waals surface area contributed by atoms with E-state index in [4.69, 9.17) is 10.5 Å². The van der Waals surface area contributed by atoms with Crippen molar-refractivity contribution in [1.82, 2.24) is 4.31 Å². The molecule has 0 bridgehead atoms. The molecule has 0 aliphatic heterocycles. The Morgan fingerprint density at radius 3 is 2.58 bits per heavy atom. The van der Waals surface area contributed by atoms with Crippen molar-refractivity contribution in [2.45, 2.75) is 18.7 Å². The quantitative estimate of drug-likeness (QED) is 0.637. The van der Waals surface area contributed by atoms with Crippen LogP contribution in [0.15, 0.2) is 23.1 Å². The highest BCUT2D eigenvalue weighted by Crippen LogP contribution is 2.24. The molecular formula is C12H18N2O4S. The largest absolute Gasteiger partial charge is 0.465 e. The van der Waals surface area contributed by atoms with Crippen LogP contribution in [-0.4, -0.2) is 38.9 Å². The summed E-state index contributed by atoms with van der Waals surface area (Å²) in [6.07, 6.45) is 0. The van der Waals surface area contributed by atoms with E-state index < -0.39 is 16.0 Å². The summed E-state index contributed by atoms with van der Waals surface area (Å²) in [6.45, 7) is 3.18. The number of nitrogens with zero attached hydrogens (tertiary/aromatic N) is 1. The van der Waals surface area contributed by atoms with Gasteiger partial charge in [0.15, 0.2) is 0 Å². The third kappa shape index (κ3) is 3.45. The smallest absolute Gasteiger partial charge is 0.321 e. The molecule has 6 nitrogen and oxygen atoms in total. The number of hydrogen-bond acceptors (Lipinski definition) is 5. The summed E-state index contributed by atoms with van der Waals surface area (Å²) < 4.78 is 30.4. The number of aryl methyl sites for hydroxylation is 1. The minimum atomic E-state index is -3.81. The maximum absolute atomic E-state index is 12.4. The Labute approximate surface area is 113 Å². The van der Waals surface area contributed by atoms with Crippen LogP contribution in [0.1, 0.15) is 12.5 Å². The lowest BCUT2D eigenvalue weighted by molar-refractivity contribution is -0.143. The molecule has 1 aromatic rings. The first-order valence-electron chi connectivity index (χ1n) is 5.77. The Morgan fingerprint density at radius 1 is 1.42 bits per heavy atom. The van der Waals surface area contributed by atoms with Crippen molar-refractivity contribution in [2.75, 3.05) is 25.9 Å². The van der Waals surface area contributed by atoms with Gasteiger partial charge < -0.3 is 10.5 Å². The molecule has 0 heterocycles. The molecule has 106 valence electrons. The number of esters is 1. The lowest BCUT2D eigenvalue weighted by Crippen LogP contribution is -2.33. The summed E-state index contributed by atoms with van der Waals surface area (Å²) in [6, 6.07) is 4.84. The summed E-state index contributed by atoms with van der Waals surface area (Å²) in [4.78, 5) is 11.4. The van der Waals surface area contributed by atoms with Gasteiger partial charge in [-0.3, -0.25) is 4.79 Å². The number of rotatable bonds is 5. The fraction of sp³-hybridized carbons (Fsp3) is 0.417. The van der Waals surface area contributed by atoms with Crippen molar-refractivity contribution >= 4 is 21.7 Å². The van der Waals surface area contributed by atoms with Crippen LogP contribution in [0.3, 0.4) is 0 Å². The third-order valence-corrected chi connectivity index (χ3v) is 4.59. The van der Waals surface area contributed by atoms with Crippen LogP contribution in [0.2, 0.25) is 0 Å². The summed E-state index contributed by atoms with van der Waals surface area (Å²) in [7, 11) is -2.49. The van der Waals surface area contributed by atoms with Crippen LogP contribution >= 0.6 is 0 Å². The van der Waals surface area contributed by atoms with Crippen molar-refractivity contribution in [3.63, 3.8) is 0 Å². The molecule has 0 spiro atoms. The highest BCUT2D eigenvalue weighted by atomic mass is 32.2. The maximum atomic E-state index is 12.4. The van der Waals surface area contributed by atoms with Gasteiger partial charge in [0.05, 0.1) is 12.3 Å². The average molecular weight is 286 g/mol. The fourth-order valence-corrected chi connectivity index (χ4v) is 3.08. The summed E-state index contributed by atoms with van der Waals surface area (Å²) in [5, 5.41) is 0. The number of anilines is 1. The van der Waals surface area contributed by atoms with Crippen LogP contribution in [0.4, 0.5) is 5.69 Å². The predicted molar refractivity (Wildman–Crippen MR) is 72.0 cm³/mol. The lowest BCUT2D eigenvalue weighted by Gasteiger charge is -2.18. The molecule has 19 heavy (non-hydrogen) atoms. The van der Waals surface area contributed by atoms with Crippen LogP contribution in [-0.2, 0) is 19.6 Å². The van der Waals surface area contributed by atoms with E-state index in [0.29, 0.717) is 5.56 Å². The minimum Gasteiger partial charge on any atom is -0.465 e. The first kappa shape index (κ1) is 15.5. The normalized spacial score (nSPS) is 11.6. The molecule has 1 rings (SSSR count). The van der Waals surface area contributed by atoms with Crippen molar-refractivity contribution in [1.29, 1.82) is 0 Å². The van der Waals surface area contributed by atoms with Crippen LogP contribution in [0.5, 0.6) is 0 Å². The van der Waals surface area contributed by atoms with Gasteiger partial charge in [-0.05, 0) is 25.5 Å². The van der Waals surface area contributed by atoms with Gasteiger partial charge in [-0.15, -0.1) is 0 Å². The number of hydrogen-bond donors (Lipinski definition) is 1. The molecule has 0 saturated carbocycles. The second-order valence-electron chi connectivity index (χ2n) is 4.06. The molecule has 0 aliphatic carbocycles. The third-order valence-electron chi connectivity index (χ3n) is 2.57. The van der Waals surface area contributed by atoms with Gasteiger partial charge in [0.2, 0.25) is 10.0 Å². The van der Waals surface area contributed by atoms with Gasteiger partial charge in [0, 0.05) is 7.05 Å². The Bertz CT molecular complexity index is 549. The van der Waals surface area contributed by atoms with E-state index in [9.17, 15) is 13.2 Å². The molecule has 0 saturated heterocycles. The Hall–Kier alpha value is -1.60. The zero-order chi connectivity index (χ0) is 14.6. The van der Waals surface area contributed by atoms with E-state index >= 15 is 0 Å².